The highest BCUT2D eigenvalue weighted by Crippen LogP contribution is 2.35. The van der Waals surface area contributed by atoms with Gasteiger partial charge in [-0.05, 0) is 74.6 Å². The number of aliphatic hydroxyl groups is 2. The average molecular weight is 405 g/mol. The van der Waals surface area contributed by atoms with Gasteiger partial charge in [0.1, 0.15) is 11.1 Å². The zero-order valence-corrected chi connectivity index (χ0v) is 16.9. The van der Waals surface area contributed by atoms with Crippen LogP contribution in [0, 0.1) is 18.8 Å². The Morgan fingerprint density at radius 1 is 1.25 bits per heavy atom. The standard InChI is InChI=1S/C21H28N2O4S/c1-12-8-15(10-16(22)9-12)18-11-23-20(28-18)19(25)17(24)7-4-13-2-5-14(6-3-13)21(26)27/h8-11,13-14,17,19,24-25H,2-7,22H2,1H3,(H,26,27). The van der Waals surface area contributed by atoms with Gasteiger partial charge < -0.3 is 21.1 Å². The molecule has 1 fully saturated rings. The van der Waals surface area contributed by atoms with Crippen LogP contribution in [0.4, 0.5) is 5.69 Å². The van der Waals surface area contributed by atoms with Crippen LogP contribution in [0.25, 0.3) is 10.4 Å². The predicted octanol–water partition coefficient (Wildman–Crippen LogP) is 3.77. The molecule has 6 nitrogen and oxygen atoms in total. The minimum atomic E-state index is -1.02. The lowest BCUT2D eigenvalue weighted by molar-refractivity contribution is -0.143. The molecule has 1 aliphatic carbocycles. The van der Waals surface area contributed by atoms with Crippen molar-refractivity contribution in [3.63, 3.8) is 0 Å². The molecule has 1 aromatic carbocycles. The summed E-state index contributed by atoms with van der Waals surface area (Å²) in [5.74, 6) is -0.514. The number of rotatable bonds is 7. The van der Waals surface area contributed by atoms with Crippen molar-refractivity contribution in [2.45, 2.75) is 57.7 Å². The number of carbonyl (C=O) groups is 1. The maximum atomic E-state index is 11.0. The SMILES string of the molecule is Cc1cc(N)cc(-c2cnc(C(O)C(O)CCC3CCC(C(=O)O)CC3)s2)c1. The molecule has 0 amide bonds. The van der Waals surface area contributed by atoms with Crippen LogP contribution in [0.2, 0.25) is 0 Å². The van der Waals surface area contributed by atoms with Gasteiger partial charge in [0.2, 0.25) is 0 Å². The first-order valence-corrected chi connectivity index (χ1v) is 10.6. The molecule has 7 heteroatoms. The van der Waals surface area contributed by atoms with Crippen molar-refractivity contribution >= 4 is 23.0 Å². The Balaban J connectivity index is 1.55. The maximum absolute atomic E-state index is 11.0. The normalized spacial score (nSPS) is 22.0. The quantitative estimate of drug-likeness (QED) is 0.522. The van der Waals surface area contributed by atoms with E-state index in [0.717, 1.165) is 35.3 Å². The van der Waals surface area contributed by atoms with Crippen molar-refractivity contribution < 1.29 is 20.1 Å². The van der Waals surface area contributed by atoms with Crippen molar-refractivity contribution in [2.75, 3.05) is 5.73 Å². The topological polar surface area (TPSA) is 117 Å². The van der Waals surface area contributed by atoms with Gasteiger partial charge in [0.25, 0.3) is 0 Å². The van der Waals surface area contributed by atoms with Crippen LogP contribution in [0.15, 0.2) is 24.4 Å². The zero-order valence-electron chi connectivity index (χ0n) is 16.0. The Morgan fingerprint density at radius 3 is 2.61 bits per heavy atom. The Bertz CT molecular complexity index is 794. The molecule has 0 saturated heterocycles. The number of aliphatic carboxylic acids is 1. The number of thiazole rings is 1. The number of carboxylic acids is 1. The lowest BCUT2D eigenvalue weighted by Crippen LogP contribution is -2.23. The molecule has 28 heavy (non-hydrogen) atoms. The predicted molar refractivity (Wildman–Crippen MR) is 110 cm³/mol. The molecular formula is C21H28N2O4S. The molecule has 5 N–H and O–H groups in total. The van der Waals surface area contributed by atoms with Gasteiger partial charge in [-0.2, -0.15) is 0 Å². The summed E-state index contributed by atoms with van der Waals surface area (Å²) in [6, 6.07) is 5.79. The summed E-state index contributed by atoms with van der Waals surface area (Å²) in [6.07, 6.45) is 4.23. The third kappa shape index (κ3) is 5.10. The zero-order chi connectivity index (χ0) is 20.3. The number of hydrogen-bond donors (Lipinski definition) is 4. The molecule has 0 radical (unpaired) electrons. The number of nitrogens with zero attached hydrogens (tertiary/aromatic N) is 1. The molecule has 0 spiro atoms. The molecule has 0 bridgehead atoms. The first-order chi connectivity index (χ1) is 13.3. The number of hydrogen-bond acceptors (Lipinski definition) is 6. The summed E-state index contributed by atoms with van der Waals surface area (Å²) < 4.78 is 0. The fourth-order valence-electron chi connectivity index (χ4n) is 3.94. The summed E-state index contributed by atoms with van der Waals surface area (Å²) in [5.41, 5.74) is 8.61. The van der Waals surface area contributed by atoms with Crippen LogP contribution in [-0.2, 0) is 4.79 Å². The summed E-state index contributed by atoms with van der Waals surface area (Å²) in [6.45, 7) is 1.98. The number of aryl methyl sites for hydroxylation is 1. The Hall–Kier alpha value is -1.96. The van der Waals surface area contributed by atoms with Crippen molar-refractivity contribution in [3.05, 3.63) is 35.0 Å². The second kappa shape index (κ2) is 9.03. The van der Waals surface area contributed by atoms with Crippen LogP contribution in [0.5, 0.6) is 0 Å². The van der Waals surface area contributed by atoms with Gasteiger partial charge >= 0.3 is 5.97 Å². The molecule has 2 atom stereocenters. The molecule has 3 rings (SSSR count). The van der Waals surface area contributed by atoms with Crippen LogP contribution in [0.3, 0.4) is 0 Å². The molecule has 1 aromatic heterocycles. The van der Waals surface area contributed by atoms with E-state index in [0.29, 0.717) is 35.9 Å². The first-order valence-electron chi connectivity index (χ1n) is 9.75. The van der Waals surface area contributed by atoms with Crippen molar-refractivity contribution in [2.24, 2.45) is 11.8 Å². The fraction of sp³-hybridized carbons (Fsp3) is 0.524. The number of nitrogen functional groups attached to an aromatic ring is 1. The molecule has 2 unspecified atom stereocenters. The average Bonchev–Trinajstić information content (AvgIpc) is 3.15. The van der Waals surface area contributed by atoms with Crippen LogP contribution < -0.4 is 5.73 Å². The summed E-state index contributed by atoms with van der Waals surface area (Å²) in [5, 5.41) is 30.5. The molecular weight excluding hydrogens is 376 g/mol. The third-order valence-corrected chi connectivity index (χ3v) is 6.71. The largest absolute Gasteiger partial charge is 0.481 e. The lowest BCUT2D eigenvalue weighted by Gasteiger charge is -2.27. The second-order valence-electron chi connectivity index (χ2n) is 7.84. The van der Waals surface area contributed by atoms with E-state index in [9.17, 15) is 15.0 Å². The van der Waals surface area contributed by atoms with E-state index in [1.807, 2.05) is 25.1 Å². The molecule has 1 saturated carbocycles. The van der Waals surface area contributed by atoms with Crippen molar-refractivity contribution in [1.82, 2.24) is 4.98 Å². The van der Waals surface area contributed by atoms with E-state index in [1.165, 1.54) is 11.3 Å². The number of carboxylic acid groups (broad SMARTS) is 1. The fourth-order valence-corrected chi connectivity index (χ4v) is 4.89. The Labute approximate surface area is 169 Å². The second-order valence-corrected chi connectivity index (χ2v) is 8.90. The van der Waals surface area contributed by atoms with Gasteiger partial charge in [-0.15, -0.1) is 11.3 Å². The highest BCUT2D eigenvalue weighted by Gasteiger charge is 2.28. The maximum Gasteiger partial charge on any atom is 0.306 e. The van der Waals surface area contributed by atoms with E-state index in [1.54, 1.807) is 6.20 Å². The number of anilines is 1. The molecule has 0 aliphatic heterocycles. The van der Waals surface area contributed by atoms with E-state index < -0.39 is 18.2 Å². The van der Waals surface area contributed by atoms with Crippen LogP contribution in [-0.4, -0.2) is 32.4 Å². The third-order valence-electron chi connectivity index (χ3n) is 5.59. The summed E-state index contributed by atoms with van der Waals surface area (Å²) >= 11 is 1.36. The highest BCUT2D eigenvalue weighted by molar-refractivity contribution is 7.15. The summed E-state index contributed by atoms with van der Waals surface area (Å²) in [4.78, 5) is 16.2. The van der Waals surface area contributed by atoms with Gasteiger partial charge in [-0.3, -0.25) is 4.79 Å². The van der Waals surface area contributed by atoms with E-state index in [4.69, 9.17) is 10.8 Å². The minimum Gasteiger partial charge on any atom is -0.481 e. The van der Waals surface area contributed by atoms with Gasteiger partial charge in [0.15, 0.2) is 0 Å². The van der Waals surface area contributed by atoms with Crippen molar-refractivity contribution in [1.29, 1.82) is 0 Å². The first kappa shape index (κ1) is 20.8. The summed E-state index contributed by atoms with van der Waals surface area (Å²) in [7, 11) is 0. The van der Waals surface area contributed by atoms with Gasteiger partial charge in [-0.25, -0.2) is 4.98 Å². The van der Waals surface area contributed by atoms with Gasteiger partial charge in [0.05, 0.1) is 16.9 Å². The van der Waals surface area contributed by atoms with Crippen molar-refractivity contribution in [3.8, 4) is 10.4 Å². The van der Waals surface area contributed by atoms with Crippen LogP contribution >= 0.6 is 11.3 Å². The monoisotopic (exact) mass is 404 g/mol. The lowest BCUT2D eigenvalue weighted by atomic mass is 9.79. The number of benzene rings is 1. The van der Waals surface area contributed by atoms with Gasteiger partial charge in [0, 0.05) is 11.9 Å². The number of nitrogens with two attached hydrogens (primary N) is 1. The van der Waals surface area contributed by atoms with E-state index in [2.05, 4.69) is 4.98 Å². The van der Waals surface area contributed by atoms with E-state index >= 15 is 0 Å². The number of aromatic nitrogens is 1. The smallest absolute Gasteiger partial charge is 0.306 e. The molecule has 152 valence electrons. The number of aliphatic hydroxyl groups excluding tert-OH is 2. The molecule has 1 aliphatic rings. The Kier molecular flexibility index (Phi) is 6.69. The van der Waals surface area contributed by atoms with E-state index in [-0.39, 0.29) is 5.92 Å². The molecule has 1 heterocycles. The minimum absolute atomic E-state index is 0.226. The highest BCUT2D eigenvalue weighted by atomic mass is 32.1. The molecule has 2 aromatic rings. The van der Waals surface area contributed by atoms with Gasteiger partial charge in [-0.1, -0.05) is 6.07 Å². The Morgan fingerprint density at radius 2 is 1.96 bits per heavy atom. The van der Waals surface area contributed by atoms with Crippen LogP contribution in [0.1, 0.15) is 55.2 Å².